The van der Waals surface area contributed by atoms with Gasteiger partial charge in [-0.25, -0.2) is 12.1 Å². The Balaban J connectivity index is -0.000000284. The zero-order chi connectivity index (χ0) is 20.4. The van der Waals surface area contributed by atoms with Gasteiger partial charge in [-0.05, 0) is 0 Å². The van der Waals surface area contributed by atoms with Gasteiger partial charge in [0.2, 0.25) is 0 Å². The summed E-state index contributed by atoms with van der Waals surface area (Å²) in [5.41, 5.74) is 0. The van der Waals surface area contributed by atoms with Gasteiger partial charge in [-0.1, -0.05) is 0 Å². The van der Waals surface area contributed by atoms with Gasteiger partial charge in [0, 0.05) is 47.2 Å². The molecule has 0 aliphatic heterocycles. The third kappa shape index (κ3) is 7.07. The molecule has 0 amide bonds. The minimum Gasteiger partial charge on any atom is -0.400 e. The third-order valence-corrected chi connectivity index (χ3v) is 6.12. The van der Waals surface area contributed by atoms with Gasteiger partial charge in [0.25, 0.3) is 0 Å². The molecule has 0 aromatic heterocycles. The zero-order valence-corrected chi connectivity index (χ0v) is 17.6. The fourth-order valence-electron chi connectivity index (χ4n) is 1.60. The number of aliphatic hydroxyl groups is 3. The van der Waals surface area contributed by atoms with Crippen molar-refractivity contribution >= 4 is 13.3 Å². The number of alkyl halides is 9. The van der Waals surface area contributed by atoms with Gasteiger partial charge in [0.05, 0.1) is 0 Å². The van der Waals surface area contributed by atoms with Crippen LogP contribution in [0.1, 0.15) is 0 Å². The molecule has 0 atom stereocenters. The molecule has 1 aromatic rings. The molecule has 0 bridgehead atoms. The van der Waals surface area contributed by atoms with Gasteiger partial charge in [0.15, 0.2) is 0 Å². The standard InChI is InChI=1S/C8H4F9Si.3CH4O.Hf/c9-6(10,11)18(7(12,13)14,8(15,16)17)5-3-1-2-4-5;3*1-2;/h1-4H;3*2H,1H3;/q-1;;;;. The van der Waals surface area contributed by atoms with Crippen LogP contribution in [0.2, 0.25) is 0 Å². The first-order valence-electron chi connectivity index (χ1n) is 5.62. The summed E-state index contributed by atoms with van der Waals surface area (Å²) in [4.78, 5) is 0. The maximum Gasteiger partial charge on any atom is 0.399 e. The van der Waals surface area contributed by atoms with Crippen LogP contribution in [0.15, 0.2) is 24.3 Å². The molecular formula is C11H16F9HfO3Si-. The summed E-state index contributed by atoms with van der Waals surface area (Å²) in [6.07, 6.45) is 0. The molecule has 0 aliphatic carbocycles. The van der Waals surface area contributed by atoms with Crippen molar-refractivity contribution in [1.82, 2.24) is 0 Å². The molecule has 0 unspecified atom stereocenters. The summed E-state index contributed by atoms with van der Waals surface area (Å²) >= 11 is 0. The molecule has 0 saturated heterocycles. The Hall–Kier alpha value is -0.313. The van der Waals surface area contributed by atoms with Crippen LogP contribution in [0.5, 0.6) is 0 Å². The largest absolute Gasteiger partial charge is 0.400 e. The van der Waals surface area contributed by atoms with Crippen LogP contribution < -0.4 is 5.19 Å². The van der Waals surface area contributed by atoms with Crippen molar-refractivity contribution in [1.29, 1.82) is 0 Å². The van der Waals surface area contributed by atoms with E-state index in [4.69, 9.17) is 15.3 Å². The topological polar surface area (TPSA) is 60.7 Å². The van der Waals surface area contributed by atoms with E-state index in [-0.39, 0.29) is 38.0 Å². The monoisotopic (exact) mass is 575 g/mol. The molecule has 0 saturated carbocycles. The average Bonchev–Trinajstić information content (AvgIpc) is 2.95. The fourth-order valence-corrected chi connectivity index (χ4v) is 4.24. The molecule has 3 N–H and O–H groups in total. The van der Waals surface area contributed by atoms with E-state index >= 15 is 0 Å². The molecule has 0 fully saturated rings. The molecule has 0 heterocycles. The Labute approximate surface area is 157 Å². The van der Waals surface area contributed by atoms with Crippen LogP contribution in [0.3, 0.4) is 0 Å². The molecule has 1 aromatic carbocycles. The van der Waals surface area contributed by atoms with Crippen molar-refractivity contribution in [3.63, 3.8) is 0 Å². The first-order valence-corrected chi connectivity index (χ1v) is 7.62. The van der Waals surface area contributed by atoms with E-state index in [1.807, 2.05) is 0 Å². The van der Waals surface area contributed by atoms with Gasteiger partial charge in [-0.15, -0.1) is 5.19 Å². The average molecular weight is 574 g/mol. The number of hydrogen-bond acceptors (Lipinski definition) is 3. The quantitative estimate of drug-likeness (QED) is 0.274. The van der Waals surface area contributed by atoms with Gasteiger partial charge in [0.1, 0.15) is 0 Å². The second-order valence-electron chi connectivity index (χ2n) is 3.42. The predicted molar refractivity (Wildman–Crippen MR) is 70.0 cm³/mol. The molecular weight excluding hydrogens is 558 g/mol. The smallest absolute Gasteiger partial charge is 0.399 e. The van der Waals surface area contributed by atoms with E-state index in [1.165, 1.54) is 0 Å². The Bertz CT molecular complexity index is 380. The SMILES string of the molecule is CO.CO.CO.FC(F)(F)[Si]([c-]1cccc1)(C(F)(F)F)C(F)(F)F.[Hf]. The number of aliphatic hydroxyl groups excluding tert-OH is 3. The molecule has 1 rings (SSSR count). The molecule has 150 valence electrons. The first-order chi connectivity index (χ1) is 10.9. The summed E-state index contributed by atoms with van der Waals surface area (Å²) in [6, 6.07) is 1.84. The van der Waals surface area contributed by atoms with E-state index < -0.39 is 30.7 Å². The van der Waals surface area contributed by atoms with Crippen LogP contribution in [0.25, 0.3) is 0 Å². The van der Waals surface area contributed by atoms with E-state index in [1.54, 1.807) is 0 Å². The van der Waals surface area contributed by atoms with Crippen LogP contribution >= 0.6 is 0 Å². The van der Waals surface area contributed by atoms with Gasteiger partial charge in [-0.3, -0.25) is 0 Å². The molecule has 14 heteroatoms. The maximum atomic E-state index is 12.6. The van der Waals surface area contributed by atoms with Crippen LogP contribution in [0, 0.1) is 0 Å². The van der Waals surface area contributed by atoms with E-state index in [0.29, 0.717) is 12.1 Å². The second kappa shape index (κ2) is 12.9. The maximum absolute atomic E-state index is 12.6. The van der Waals surface area contributed by atoms with E-state index in [9.17, 15) is 39.5 Å². The van der Waals surface area contributed by atoms with Crippen molar-refractivity contribution in [3.05, 3.63) is 24.3 Å². The van der Waals surface area contributed by atoms with Gasteiger partial charge >= 0.3 is 25.5 Å². The van der Waals surface area contributed by atoms with Crippen molar-refractivity contribution in [2.75, 3.05) is 21.3 Å². The normalized spacial score (nSPS) is 11.5. The number of hydrogen-bond donors (Lipinski definition) is 3. The molecule has 0 spiro atoms. The van der Waals surface area contributed by atoms with E-state index in [0.717, 1.165) is 21.3 Å². The summed E-state index contributed by atoms with van der Waals surface area (Å²) in [6.45, 7) is 0. The number of halogens is 9. The zero-order valence-electron chi connectivity index (χ0n) is 13.1. The Morgan fingerprint density at radius 1 is 0.600 bits per heavy atom. The Kier molecular flexibility index (Phi) is 16.8. The van der Waals surface area contributed by atoms with Crippen LogP contribution in [-0.4, -0.2) is 62.1 Å². The summed E-state index contributed by atoms with van der Waals surface area (Å²) in [5.74, 6) is -19.2. The minimum atomic E-state index is -7.72. The summed E-state index contributed by atoms with van der Waals surface area (Å²) in [7, 11) is -4.72. The summed E-state index contributed by atoms with van der Waals surface area (Å²) < 4.78 is 113. The van der Waals surface area contributed by atoms with Gasteiger partial charge < -0.3 is 15.3 Å². The molecule has 3 nitrogen and oxygen atoms in total. The van der Waals surface area contributed by atoms with Crippen LogP contribution in [0.4, 0.5) is 39.5 Å². The van der Waals surface area contributed by atoms with Crippen molar-refractivity contribution in [2.24, 2.45) is 0 Å². The Morgan fingerprint density at radius 3 is 0.960 bits per heavy atom. The number of rotatable bonds is 1. The Morgan fingerprint density at radius 2 is 0.800 bits per heavy atom. The fraction of sp³-hybridized carbons (Fsp3) is 0.545. The summed E-state index contributed by atoms with van der Waals surface area (Å²) in [5, 5.41) is 19.2. The third-order valence-electron chi connectivity index (χ3n) is 2.37. The molecule has 25 heavy (non-hydrogen) atoms. The van der Waals surface area contributed by atoms with Crippen LogP contribution in [-0.2, 0) is 25.8 Å². The predicted octanol–water partition coefficient (Wildman–Crippen LogP) is 2.19. The minimum absolute atomic E-state index is 0. The second-order valence-corrected chi connectivity index (χ2v) is 7.20. The van der Waals surface area contributed by atoms with Crippen molar-refractivity contribution in [2.45, 2.75) is 17.4 Å². The molecule has 0 radical (unpaired) electrons. The van der Waals surface area contributed by atoms with E-state index in [2.05, 4.69) is 0 Å². The van der Waals surface area contributed by atoms with Crippen molar-refractivity contribution < 1.29 is 80.7 Å². The molecule has 0 aliphatic rings. The van der Waals surface area contributed by atoms with Gasteiger partial charge in [-0.2, -0.15) is 51.6 Å². The first kappa shape index (κ1) is 32.4. The van der Waals surface area contributed by atoms with Crippen molar-refractivity contribution in [3.8, 4) is 0 Å².